The number of halogens is 1. The number of imidazole rings is 1. The van der Waals surface area contributed by atoms with Gasteiger partial charge in [-0.25, -0.2) is 4.98 Å². The molecule has 1 aromatic heterocycles. The summed E-state index contributed by atoms with van der Waals surface area (Å²) in [7, 11) is 5.86. The number of hydrogen-bond donors (Lipinski definition) is 0. The molecule has 3 rings (SSSR count). The molecule has 0 bridgehead atoms. The second-order valence-corrected chi connectivity index (χ2v) is 7.51. The van der Waals surface area contributed by atoms with E-state index in [4.69, 9.17) is 16.3 Å². The number of aromatic nitrogens is 2. The van der Waals surface area contributed by atoms with Gasteiger partial charge in [-0.2, -0.15) is 0 Å². The number of nitrogens with zero attached hydrogens (tertiary/aromatic N) is 4. The van der Waals surface area contributed by atoms with Crippen LogP contribution in [0, 0.1) is 11.8 Å². The lowest BCUT2D eigenvalue weighted by atomic mass is 9.83. The van der Waals surface area contributed by atoms with Crippen LogP contribution in [0.1, 0.15) is 25.1 Å². The summed E-state index contributed by atoms with van der Waals surface area (Å²) in [4.78, 5) is 21.3. The lowest BCUT2D eigenvalue weighted by Crippen LogP contribution is -2.43. The first-order valence-corrected chi connectivity index (χ1v) is 9.06. The molecular weight excluding hydrogens is 328 g/mol. The molecule has 134 valence electrons. The molecule has 0 N–H and O–H groups in total. The molecule has 1 aromatic rings. The van der Waals surface area contributed by atoms with Crippen molar-refractivity contribution in [2.75, 3.05) is 33.8 Å². The van der Waals surface area contributed by atoms with Gasteiger partial charge in [-0.15, -0.1) is 0 Å². The van der Waals surface area contributed by atoms with Gasteiger partial charge in [-0.1, -0.05) is 11.6 Å². The maximum absolute atomic E-state index is 13.0. The smallest absolute Gasteiger partial charge is 0.228 e. The van der Waals surface area contributed by atoms with Crippen molar-refractivity contribution in [1.29, 1.82) is 0 Å². The Balaban J connectivity index is 1.63. The number of carbonyl (C=O) groups excluding carboxylic acids is 1. The molecule has 2 saturated heterocycles. The highest BCUT2D eigenvalue weighted by atomic mass is 35.5. The average Bonchev–Trinajstić information content (AvgIpc) is 3.17. The minimum atomic E-state index is -0.0286. The van der Waals surface area contributed by atoms with Crippen LogP contribution in [-0.4, -0.2) is 65.2 Å². The fraction of sp³-hybridized carbons (Fsp3) is 0.765. The van der Waals surface area contributed by atoms with E-state index in [2.05, 4.69) is 16.9 Å². The summed E-state index contributed by atoms with van der Waals surface area (Å²) in [6.45, 7) is 3.34. The van der Waals surface area contributed by atoms with Crippen molar-refractivity contribution < 1.29 is 9.53 Å². The number of likely N-dealkylation sites (tertiary alicyclic amines) is 1. The molecule has 2 aliphatic heterocycles. The van der Waals surface area contributed by atoms with Gasteiger partial charge in [0, 0.05) is 20.7 Å². The number of hydrogen-bond acceptors (Lipinski definition) is 4. The normalized spacial score (nSPS) is 26.0. The van der Waals surface area contributed by atoms with Gasteiger partial charge in [0.05, 0.1) is 24.8 Å². The van der Waals surface area contributed by atoms with Gasteiger partial charge >= 0.3 is 0 Å². The molecule has 0 radical (unpaired) electrons. The van der Waals surface area contributed by atoms with E-state index in [1.54, 1.807) is 11.1 Å². The topological polar surface area (TPSA) is 50.6 Å². The van der Waals surface area contributed by atoms with Crippen LogP contribution in [-0.2, 0) is 23.1 Å². The molecule has 0 aliphatic carbocycles. The summed E-state index contributed by atoms with van der Waals surface area (Å²) in [5.74, 6) is 1.42. The third-order valence-corrected chi connectivity index (χ3v) is 5.81. The van der Waals surface area contributed by atoms with Crippen LogP contribution in [0.25, 0.3) is 0 Å². The molecule has 6 nitrogen and oxygen atoms in total. The predicted octanol–water partition coefficient (Wildman–Crippen LogP) is 1.78. The van der Waals surface area contributed by atoms with E-state index in [1.807, 2.05) is 18.7 Å². The summed E-state index contributed by atoms with van der Waals surface area (Å²) < 4.78 is 7.79. The van der Waals surface area contributed by atoms with Gasteiger partial charge in [0.15, 0.2) is 0 Å². The molecule has 2 fully saturated rings. The Bertz CT molecular complexity index is 583. The number of carbonyl (C=O) groups is 1. The van der Waals surface area contributed by atoms with E-state index >= 15 is 0 Å². The Morgan fingerprint density at radius 1 is 1.38 bits per heavy atom. The highest BCUT2D eigenvalue weighted by Gasteiger charge is 2.41. The van der Waals surface area contributed by atoms with Crippen LogP contribution >= 0.6 is 11.6 Å². The number of piperidine rings is 1. The maximum Gasteiger partial charge on any atom is 0.228 e. The molecule has 3 heterocycles. The molecule has 0 spiro atoms. The fourth-order valence-electron chi connectivity index (χ4n) is 3.84. The largest absolute Gasteiger partial charge is 0.377 e. The Kier molecular flexibility index (Phi) is 5.47. The molecule has 7 heteroatoms. The molecule has 2 aliphatic rings. The zero-order valence-electron chi connectivity index (χ0n) is 14.7. The second kappa shape index (κ2) is 7.42. The number of amides is 1. The zero-order valence-corrected chi connectivity index (χ0v) is 15.5. The third-order valence-electron chi connectivity index (χ3n) is 5.46. The van der Waals surface area contributed by atoms with Crippen molar-refractivity contribution in [3.8, 4) is 0 Å². The van der Waals surface area contributed by atoms with Gasteiger partial charge in [0.2, 0.25) is 5.91 Å². The molecule has 24 heavy (non-hydrogen) atoms. The summed E-state index contributed by atoms with van der Waals surface area (Å²) in [5, 5.41) is 0.583. The summed E-state index contributed by atoms with van der Waals surface area (Å²) >= 11 is 6.03. The SMILES string of the molecule is CN1CCC([C@H]2OCC[C@@H]2C(=O)N(C)Cc2ncc(Cl)n2C)CC1. The lowest BCUT2D eigenvalue weighted by Gasteiger charge is -2.35. The molecule has 0 unspecified atom stereocenters. The van der Waals surface area contributed by atoms with Gasteiger partial charge < -0.3 is 19.1 Å². The van der Waals surface area contributed by atoms with E-state index < -0.39 is 0 Å². The Morgan fingerprint density at radius 3 is 2.71 bits per heavy atom. The quantitative estimate of drug-likeness (QED) is 0.827. The van der Waals surface area contributed by atoms with E-state index in [0.29, 0.717) is 24.2 Å². The monoisotopic (exact) mass is 354 g/mol. The van der Waals surface area contributed by atoms with E-state index in [-0.39, 0.29) is 17.9 Å². The molecule has 1 amide bonds. The lowest BCUT2D eigenvalue weighted by molar-refractivity contribution is -0.138. The van der Waals surface area contributed by atoms with Crippen LogP contribution in [0.3, 0.4) is 0 Å². The second-order valence-electron chi connectivity index (χ2n) is 7.12. The first-order chi connectivity index (χ1) is 11.5. The number of ether oxygens (including phenoxy) is 1. The zero-order chi connectivity index (χ0) is 17.3. The average molecular weight is 355 g/mol. The maximum atomic E-state index is 13.0. The Morgan fingerprint density at radius 2 is 2.08 bits per heavy atom. The molecule has 2 atom stereocenters. The van der Waals surface area contributed by atoms with Crippen LogP contribution in [0.5, 0.6) is 0 Å². The van der Waals surface area contributed by atoms with E-state index in [1.165, 1.54) is 0 Å². The highest BCUT2D eigenvalue weighted by molar-refractivity contribution is 6.29. The summed E-state index contributed by atoms with van der Waals surface area (Å²) in [6, 6.07) is 0. The Hall–Kier alpha value is -1.11. The minimum Gasteiger partial charge on any atom is -0.377 e. The third kappa shape index (κ3) is 3.60. The minimum absolute atomic E-state index is 0.0286. The van der Waals surface area contributed by atoms with Crippen LogP contribution in [0.2, 0.25) is 5.15 Å². The van der Waals surface area contributed by atoms with Gasteiger partial charge in [-0.3, -0.25) is 4.79 Å². The predicted molar refractivity (Wildman–Crippen MR) is 92.8 cm³/mol. The van der Waals surface area contributed by atoms with Gasteiger partial charge in [0.25, 0.3) is 0 Å². The van der Waals surface area contributed by atoms with E-state index in [9.17, 15) is 4.79 Å². The van der Waals surface area contributed by atoms with Gasteiger partial charge in [-0.05, 0) is 45.3 Å². The fourth-order valence-corrected chi connectivity index (χ4v) is 3.99. The van der Waals surface area contributed by atoms with Crippen molar-refractivity contribution in [2.45, 2.75) is 31.9 Å². The standard InChI is InChI=1S/C17H27ClN4O2/c1-20-7-4-12(5-8-20)16-13(6-9-24-16)17(23)21(2)11-15-19-10-14(18)22(15)3/h10,12-13,16H,4-9,11H2,1-3H3/t13-,16+/m0/s1. The van der Waals surface area contributed by atoms with Crippen LogP contribution in [0.4, 0.5) is 0 Å². The van der Waals surface area contributed by atoms with Gasteiger partial charge in [0.1, 0.15) is 11.0 Å². The first-order valence-electron chi connectivity index (χ1n) is 8.68. The van der Waals surface area contributed by atoms with Crippen molar-refractivity contribution >= 4 is 17.5 Å². The number of rotatable bonds is 4. The Labute approximate surface area is 148 Å². The van der Waals surface area contributed by atoms with Crippen molar-refractivity contribution in [1.82, 2.24) is 19.4 Å². The van der Waals surface area contributed by atoms with Crippen molar-refractivity contribution in [3.63, 3.8) is 0 Å². The molecule has 0 aromatic carbocycles. The summed E-state index contributed by atoms with van der Waals surface area (Å²) in [6.07, 6.45) is 4.74. The first kappa shape index (κ1) is 17.7. The molecular formula is C17H27ClN4O2. The van der Waals surface area contributed by atoms with Crippen LogP contribution < -0.4 is 0 Å². The summed E-state index contributed by atoms with van der Waals surface area (Å²) in [5.41, 5.74) is 0. The van der Waals surface area contributed by atoms with E-state index in [0.717, 1.165) is 38.2 Å². The molecule has 0 saturated carbocycles. The van der Waals surface area contributed by atoms with Crippen molar-refractivity contribution in [2.24, 2.45) is 18.9 Å². The van der Waals surface area contributed by atoms with Crippen LogP contribution in [0.15, 0.2) is 6.20 Å². The van der Waals surface area contributed by atoms with Crippen molar-refractivity contribution in [3.05, 3.63) is 17.2 Å². The highest BCUT2D eigenvalue weighted by Crippen LogP contribution is 2.34.